The van der Waals surface area contributed by atoms with Crippen LogP contribution in [0.5, 0.6) is 0 Å². The average molecular weight is 310 g/mol. The van der Waals surface area contributed by atoms with E-state index in [2.05, 4.69) is 15.5 Å². The van der Waals surface area contributed by atoms with Crippen LogP contribution in [-0.4, -0.2) is 77.0 Å². The number of piperazine rings is 1. The molecule has 6 nitrogen and oxygen atoms in total. The van der Waals surface area contributed by atoms with E-state index in [4.69, 9.17) is 9.47 Å². The fourth-order valence-corrected chi connectivity index (χ4v) is 1.96. The SMILES string of the molecule is COCCOCCC(=O)NCCCN1CCNCC1.Cl. The van der Waals surface area contributed by atoms with Gasteiger partial charge >= 0.3 is 0 Å². The molecule has 1 aliphatic rings. The predicted octanol–water partition coefficient (Wildman–Crippen LogP) is -0.127. The van der Waals surface area contributed by atoms with Crippen molar-refractivity contribution in [3.8, 4) is 0 Å². The molecular formula is C13H28ClN3O3. The minimum atomic E-state index is 0. The minimum Gasteiger partial charge on any atom is -0.382 e. The van der Waals surface area contributed by atoms with Crippen molar-refractivity contribution in [3.63, 3.8) is 0 Å². The van der Waals surface area contributed by atoms with Crippen LogP contribution in [0.4, 0.5) is 0 Å². The molecule has 0 atom stereocenters. The standard InChI is InChI=1S/C13H27N3O3.ClH/c1-18-11-12-19-10-3-13(17)15-4-2-7-16-8-5-14-6-9-16;/h14H,2-12H2,1H3,(H,15,17);1H. The number of hydrogen-bond donors (Lipinski definition) is 2. The number of hydrogen-bond acceptors (Lipinski definition) is 5. The summed E-state index contributed by atoms with van der Waals surface area (Å²) in [6.45, 7) is 7.78. The molecule has 0 spiro atoms. The smallest absolute Gasteiger partial charge is 0.222 e. The number of amides is 1. The zero-order chi connectivity index (χ0) is 13.8. The molecule has 1 heterocycles. The van der Waals surface area contributed by atoms with Gasteiger partial charge in [0.25, 0.3) is 0 Å². The maximum atomic E-state index is 11.5. The summed E-state index contributed by atoms with van der Waals surface area (Å²) >= 11 is 0. The van der Waals surface area contributed by atoms with Crippen LogP contribution in [0.25, 0.3) is 0 Å². The van der Waals surface area contributed by atoms with Gasteiger partial charge in [-0.05, 0) is 13.0 Å². The van der Waals surface area contributed by atoms with E-state index in [-0.39, 0.29) is 18.3 Å². The molecule has 20 heavy (non-hydrogen) atoms. The molecule has 1 aliphatic heterocycles. The first kappa shape index (κ1) is 19.6. The molecule has 120 valence electrons. The first-order valence-corrected chi connectivity index (χ1v) is 7.09. The summed E-state index contributed by atoms with van der Waals surface area (Å²) in [5.74, 6) is 0.0673. The Balaban J connectivity index is 0.00000361. The van der Waals surface area contributed by atoms with Gasteiger partial charge in [0, 0.05) is 46.3 Å². The van der Waals surface area contributed by atoms with Gasteiger partial charge in [-0.15, -0.1) is 12.4 Å². The van der Waals surface area contributed by atoms with Crippen LogP contribution < -0.4 is 10.6 Å². The lowest BCUT2D eigenvalue weighted by Crippen LogP contribution is -2.44. The summed E-state index contributed by atoms with van der Waals surface area (Å²) in [4.78, 5) is 13.9. The van der Waals surface area contributed by atoms with E-state index in [9.17, 15) is 4.79 Å². The first-order chi connectivity index (χ1) is 9.33. The van der Waals surface area contributed by atoms with Crippen molar-refractivity contribution >= 4 is 18.3 Å². The topological polar surface area (TPSA) is 62.8 Å². The molecule has 0 saturated carbocycles. The first-order valence-electron chi connectivity index (χ1n) is 7.09. The number of nitrogens with zero attached hydrogens (tertiary/aromatic N) is 1. The number of carbonyl (C=O) groups is 1. The van der Waals surface area contributed by atoms with Gasteiger partial charge < -0.3 is 25.0 Å². The van der Waals surface area contributed by atoms with E-state index in [1.807, 2.05) is 0 Å². The normalized spacial score (nSPS) is 15.7. The highest BCUT2D eigenvalue weighted by atomic mass is 35.5. The summed E-state index contributed by atoms with van der Waals surface area (Å²) in [7, 11) is 1.63. The van der Waals surface area contributed by atoms with E-state index in [0.29, 0.717) is 26.2 Å². The van der Waals surface area contributed by atoms with Gasteiger partial charge in [0.05, 0.1) is 19.8 Å². The lowest BCUT2D eigenvalue weighted by atomic mass is 10.3. The molecular weight excluding hydrogens is 282 g/mol. The second-order valence-corrected chi connectivity index (χ2v) is 4.65. The summed E-state index contributed by atoms with van der Waals surface area (Å²) in [5, 5.41) is 6.25. The van der Waals surface area contributed by atoms with Crippen LogP contribution >= 0.6 is 12.4 Å². The summed E-state index contributed by atoms with van der Waals surface area (Å²) < 4.78 is 10.1. The van der Waals surface area contributed by atoms with E-state index in [1.54, 1.807) is 7.11 Å². The highest BCUT2D eigenvalue weighted by Crippen LogP contribution is 1.93. The molecule has 1 rings (SSSR count). The van der Waals surface area contributed by atoms with Crippen LogP contribution in [0.3, 0.4) is 0 Å². The Labute approximate surface area is 128 Å². The quantitative estimate of drug-likeness (QED) is 0.551. The molecule has 0 aliphatic carbocycles. The Hall–Kier alpha value is -0.400. The Kier molecular flexibility index (Phi) is 13.3. The molecule has 1 fully saturated rings. The number of rotatable bonds is 10. The number of ether oxygens (including phenoxy) is 2. The molecule has 0 bridgehead atoms. The van der Waals surface area contributed by atoms with Crippen LogP contribution in [0, 0.1) is 0 Å². The van der Waals surface area contributed by atoms with Gasteiger partial charge in [-0.1, -0.05) is 0 Å². The number of nitrogens with one attached hydrogen (secondary N) is 2. The molecule has 1 saturated heterocycles. The highest BCUT2D eigenvalue weighted by Gasteiger charge is 2.08. The molecule has 2 N–H and O–H groups in total. The molecule has 0 unspecified atom stereocenters. The molecule has 0 aromatic rings. The monoisotopic (exact) mass is 309 g/mol. The van der Waals surface area contributed by atoms with Gasteiger partial charge in [0.2, 0.25) is 5.91 Å². The predicted molar refractivity (Wildman–Crippen MR) is 81.5 cm³/mol. The van der Waals surface area contributed by atoms with E-state index >= 15 is 0 Å². The van der Waals surface area contributed by atoms with Crippen LogP contribution in [0.2, 0.25) is 0 Å². The lowest BCUT2D eigenvalue weighted by Gasteiger charge is -2.27. The lowest BCUT2D eigenvalue weighted by molar-refractivity contribution is -0.122. The number of halogens is 1. The van der Waals surface area contributed by atoms with Crippen molar-refractivity contribution in [2.75, 3.05) is 66.2 Å². The maximum absolute atomic E-state index is 11.5. The summed E-state index contributed by atoms with van der Waals surface area (Å²) in [6.07, 6.45) is 1.44. The molecule has 7 heteroatoms. The Bertz CT molecular complexity index is 239. The van der Waals surface area contributed by atoms with Crippen LogP contribution in [0.15, 0.2) is 0 Å². The minimum absolute atomic E-state index is 0. The van der Waals surface area contributed by atoms with E-state index < -0.39 is 0 Å². The van der Waals surface area contributed by atoms with Crippen LogP contribution in [-0.2, 0) is 14.3 Å². The zero-order valence-corrected chi connectivity index (χ0v) is 13.2. The second-order valence-electron chi connectivity index (χ2n) is 4.65. The Morgan fingerprint density at radius 1 is 1.25 bits per heavy atom. The Morgan fingerprint density at radius 2 is 2.00 bits per heavy atom. The maximum Gasteiger partial charge on any atom is 0.222 e. The van der Waals surface area contributed by atoms with Gasteiger partial charge in [0.15, 0.2) is 0 Å². The average Bonchev–Trinajstić information content (AvgIpc) is 2.44. The van der Waals surface area contributed by atoms with E-state index in [1.165, 1.54) is 0 Å². The van der Waals surface area contributed by atoms with E-state index in [0.717, 1.165) is 45.7 Å². The van der Waals surface area contributed by atoms with Gasteiger partial charge in [0.1, 0.15) is 0 Å². The van der Waals surface area contributed by atoms with Crippen molar-refractivity contribution in [1.29, 1.82) is 0 Å². The van der Waals surface area contributed by atoms with Gasteiger partial charge in [-0.2, -0.15) is 0 Å². The molecule has 0 aromatic carbocycles. The van der Waals surface area contributed by atoms with Crippen molar-refractivity contribution in [1.82, 2.24) is 15.5 Å². The Morgan fingerprint density at radius 3 is 2.70 bits per heavy atom. The van der Waals surface area contributed by atoms with Gasteiger partial charge in [-0.3, -0.25) is 4.79 Å². The third-order valence-corrected chi connectivity index (χ3v) is 3.09. The third kappa shape index (κ3) is 10.4. The van der Waals surface area contributed by atoms with Crippen molar-refractivity contribution < 1.29 is 14.3 Å². The zero-order valence-electron chi connectivity index (χ0n) is 12.4. The molecule has 0 aromatic heterocycles. The van der Waals surface area contributed by atoms with Crippen molar-refractivity contribution in [3.05, 3.63) is 0 Å². The highest BCUT2D eigenvalue weighted by molar-refractivity contribution is 5.85. The largest absolute Gasteiger partial charge is 0.382 e. The van der Waals surface area contributed by atoms with Crippen molar-refractivity contribution in [2.45, 2.75) is 12.8 Å². The summed E-state index contributed by atoms with van der Waals surface area (Å²) in [6, 6.07) is 0. The number of methoxy groups -OCH3 is 1. The third-order valence-electron chi connectivity index (χ3n) is 3.09. The number of carbonyl (C=O) groups excluding carboxylic acids is 1. The summed E-state index contributed by atoms with van der Waals surface area (Å²) in [5.41, 5.74) is 0. The second kappa shape index (κ2) is 13.6. The van der Waals surface area contributed by atoms with Gasteiger partial charge in [-0.25, -0.2) is 0 Å². The fourth-order valence-electron chi connectivity index (χ4n) is 1.96. The van der Waals surface area contributed by atoms with Crippen molar-refractivity contribution in [2.24, 2.45) is 0 Å². The molecule has 0 radical (unpaired) electrons. The molecule has 1 amide bonds. The fraction of sp³-hybridized carbons (Fsp3) is 0.923. The van der Waals surface area contributed by atoms with Crippen LogP contribution in [0.1, 0.15) is 12.8 Å².